The molecule has 0 saturated carbocycles. The zero-order valence-electron chi connectivity index (χ0n) is 14.8. The van der Waals surface area contributed by atoms with E-state index in [1.54, 1.807) is 18.3 Å². The largest absolute Gasteiger partial charge is 0.322 e. The number of anilines is 1. The van der Waals surface area contributed by atoms with Crippen LogP contribution in [0.3, 0.4) is 0 Å². The van der Waals surface area contributed by atoms with Crippen molar-refractivity contribution in [1.29, 1.82) is 0 Å². The monoisotopic (exact) mass is 382 g/mol. The van der Waals surface area contributed by atoms with Crippen molar-refractivity contribution in [2.75, 3.05) is 12.4 Å². The van der Waals surface area contributed by atoms with Gasteiger partial charge in [0, 0.05) is 23.0 Å². The normalized spacial score (nSPS) is 11.2. The minimum atomic E-state index is -3.53. The standard InChI is InChI=1S/C19H18N4O3S/c1-13-21-11-10-18(22-13)15-4-3-5-16(12-15)23-19(24)14-6-8-17(9-7-14)27(25,26)20-2/h3-12,20H,1-2H3,(H,23,24). The predicted molar refractivity (Wildman–Crippen MR) is 103 cm³/mol. The van der Waals surface area contributed by atoms with Crippen LogP contribution < -0.4 is 10.0 Å². The van der Waals surface area contributed by atoms with Crippen LogP contribution in [0.2, 0.25) is 0 Å². The summed E-state index contributed by atoms with van der Waals surface area (Å²) in [5.74, 6) is 0.331. The number of hydrogen-bond acceptors (Lipinski definition) is 5. The van der Waals surface area contributed by atoms with Crippen molar-refractivity contribution in [3.63, 3.8) is 0 Å². The Morgan fingerprint density at radius 3 is 2.44 bits per heavy atom. The lowest BCUT2D eigenvalue weighted by Gasteiger charge is -2.08. The van der Waals surface area contributed by atoms with Crippen LogP contribution in [-0.4, -0.2) is 31.3 Å². The summed E-state index contributed by atoms with van der Waals surface area (Å²) < 4.78 is 25.7. The second-order valence-corrected chi connectivity index (χ2v) is 7.64. The minimum Gasteiger partial charge on any atom is -0.322 e. The summed E-state index contributed by atoms with van der Waals surface area (Å²) in [4.78, 5) is 21.0. The number of aryl methyl sites for hydroxylation is 1. The number of hydrogen-bond donors (Lipinski definition) is 2. The molecule has 1 amide bonds. The molecular weight excluding hydrogens is 364 g/mol. The summed E-state index contributed by atoms with van der Waals surface area (Å²) in [5.41, 5.74) is 2.59. The van der Waals surface area contributed by atoms with E-state index in [9.17, 15) is 13.2 Å². The molecule has 0 aliphatic rings. The van der Waals surface area contributed by atoms with E-state index in [4.69, 9.17) is 0 Å². The maximum absolute atomic E-state index is 12.4. The third-order valence-corrected chi connectivity index (χ3v) is 5.32. The second kappa shape index (κ2) is 7.65. The molecule has 138 valence electrons. The van der Waals surface area contributed by atoms with E-state index in [-0.39, 0.29) is 10.8 Å². The van der Waals surface area contributed by atoms with Gasteiger partial charge in [-0.25, -0.2) is 23.1 Å². The highest BCUT2D eigenvalue weighted by molar-refractivity contribution is 7.89. The third kappa shape index (κ3) is 4.36. The summed E-state index contributed by atoms with van der Waals surface area (Å²) >= 11 is 0. The Labute approximate surface area is 157 Å². The van der Waals surface area contributed by atoms with Gasteiger partial charge in [0.2, 0.25) is 10.0 Å². The minimum absolute atomic E-state index is 0.0997. The van der Waals surface area contributed by atoms with Gasteiger partial charge in [-0.05, 0) is 56.4 Å². The number of amides is 1. The smallest absolute Gasteiger partial charge is 0.255 e. The Hall–Kier alpha value is -3.10. The third-order valence-electron chi connectivity index (χ3n) is 3.89. The van der Waals surface area contributed by atoms with Crippen molar-refractivity contribution in [1.82, 2.24) is 14.7 Å². The Morgan fingerprint density at radius 1 is 1.04 bits per heavy atom. The molecule has 2 aromatic carbocycles. The number of nitrogens with one attached hydrogen (secondary N) is 2. The van der Waals surface area contributed by atoms with Crippen LogP contribution >= 0.6 is 0 Å². The predicted octanol–water partition coefficient (Wildman–Crippen LogP) is 2.61. The highest BCUT2D eigenvalue weighted by atomic mass is 32.2. The van der Waals surface area contributed by atoms with Gasteiger partial charge in [0.25, 0.3) is 5.91 Å². The Balaban J connectivity index is 1.79. The molecule has 3 rings (SSSR count). The van der Waals surface area contributed by atoms with Crippen LogP contribution in [0.25, 0.3) is 11.3 Å². The molecule has 7 nitrogen and oxygen atoms in total. The average Bonchev–Trinajstić information content (AvgIpc) is 2.68. The Morgan fingerprint density at radius 2 is 1.78 bits per heavy atom. The van der Waals surface area contributed by atoms with Gasteiger partial charge in [0.05, 0.1) is 10.6 Å². The summed E-state index contributed by atoms with van der Waals surface area (Å²) in [6.07, 6.45) is 1.68. The molecule has 0 saturated heterocycles. The number of benzene rings is 2. The number of sulfonamides is 1. The van der Waals surface area contributed by atoms with Crippen molar-refractivity contribution in [3.05, 3.63) is 72.2 Å². The number of nitrogens with zero attached hydrogens (tertiary/aromatic N) is 2. The molecule has 3 aromatic rings. The first-order valence-electron chi connectivity index (χ1n) is 8.14. The average molecular weight is 382 g/mol. The first-order valence-corrected chi connectivity index (χ1v) is 9.62. The molecular formula is C19H18N4O3S. The highest BCUT2D eigenvalue weighted by Crippen LogP contribution is 2.21. The second-order valence-electron chi connectivity index (χ2n) is 5.76. The first-order chi connectivity index (χ1) is 12.9. The van der Waals surface area contributed by atoms with Crippen molar-refractivity contribution in [2.24, 2.45) is 0 Å². The lowest BCUT2D eigenvalue weighted by atomic mass is 10.1. The number of rotatable bonds is 5. The van der Waals surface area contributed by atoms with Crippen molar-refractivity contribution < 1.29 is 13.2 Å². The van der Waals surface area contributed by atoms with Crippen LogP contribution in [0.15, 0.2) is 65.7 Å². The molecule has 0 unspecified atom stereocenters. The van der Waals surface area contributed by atoms with Gasteiger partial charge >= 0.3 is 0 Å². The molecule has 0 atom stereocenters. The molecule has 8 heteroatoms. The van der Waals surface area contributed by atoms with E-state index in [1.165, 1.54) is 31.3 Å². The molecule has 27 heavy (non-hydrogen) atoms. The Bertz CT molecular complexity index is 1080. The zero-order valence-corrected chi connectivity index (χ0v) is 15.6. The molecule has 0 radical (unpaired) electrons. The van der Waals surface area contributed by atoms with Crippen LogP contribution in [-0.2, 0) is 10.0 Å². The van der Waals surface area contributed by atoms with Gasteiger partial charge in [-0.2, -0.15) is 0 Å². The van der Waals surface area contributed by atoms with E-state index in [0.717, 1.165) is 11.3 Å². The zero-order chi connectivity index (χ0) is 19.4. The first kappa shape index (κ1) is 18.7. The molecule has 2 N–H and O–H groups in total. The van der Waals surface area contributed by atoms with Crippen LogP contribution in [0.4, 0.5) is 5.69 Å². The molecule has 0 spiro atoms. The van der Waals surface area contributed by atoms with E-state index >= 15 is 0 Å². The highest BCUT2D eigenvalue weighted by Gasteiger charge is 2.13. The van der Waals surface area contributed by atoms with Gasteiger partial charge in [0.15, 0.2) is 0 Å². The lowest BCUT2D eigenvalue weighted by molar-refractivity contribution is 0.102. The molecule has 1 aromatic heterocycles. The fraction of sp³-hybridized carbons (Fsp3) is 0.105. The van der Waals surface area contributed by atoms with E-state index in [1.807, 2.05) is 25.1 Å². The number of carbonyl (C=O) groups excluding carboxylic acids is 1. The molecule has 0 bridgehead atoms. The number of carbonyl (C=O) groups is 1. The van der Waals surface area contributed by atoms with Crippen LogP contribution in [0.1, 0.15) is 16.2 Å². The molecule has 0 aliphatic carbocycles. The summed E-state index contributed by atoms with van der Waals surface area (Å²) in [5, 5.41) is 2.81. The fourth-order valence-electron chi connectivity index (χ4n) is 2.48. The van der Waals surface area contributed by atoms with Crippen LogP contribution in [0.5, 0.6) is 0 Å². The van der Waals surface area contributed by atoms with Gasteiger partial charge in [-0.1, -0.05) is 12.1 Å². The van der Waals surface area contributed by atoms with Crippen LogP contribution in [0, 0.1) is 6.92 Å². The van der Waals surface area contributed by atoms with Gasteiger partial charge in [-0.3, -0.25) is 4.79 Å². The maximum atomic E-state index is 12.4. The van der Waals surface area contributed by atoms with Crippen molar-refractivity contribution in [3.8, 4) is 11.3 Å². The summed E-state index contributed by atoms with van der Waals surface area (Å²) in [7, 11) is -2.20. The van der Waals surface area contributed by atoms with Crippen molar-refractivity contribution in [2.45, 2.75) is 11.8 Å². The molecule has 1 heterocycles. The van der Waals surface area contributed by atoms with Gasteiger partial charge in [0.1, 0.15) is 5.82 Å². The molecule has 0 aliphatic heterocycles. The Kier molecular flexibility index (Phi) is 5.29. The topological polar surface area (TPSA) is 101 Å². The summed E-state index contributed by atoms with van der Waals surface area (Å²) in [6, 6.07) is 14.8. The van der Waals surface area contributed by atoms with Crippen molar-refractivity contribution >= 4 is 21.6 Å². The SMILES string of the molecule is CNS(=O)(=O)c1ccc(C(=O)Nc2cccc(-c3ccnc(C)n3)c2)cc1. The van der Waals surface area contributed by atoms with E-state index in [0.29, 0.717) is 17.1 Å². The fourth-order valence-corrected chi connectivity index (χ4v) is 3.21. The number of aromatic nitrogens is 2. The van der Waals surface area contributed by atoms with E-state index in [2.05, 4.69) is 20.0 Å². The van der Waals surface area contributed by atoms with Gasteiger partial charge in [-0.15, -0.1) is 0 Å². The maximum Gasteiger partial charge on any atom is 0.255 e. The van der Waals surface area contributed by atoms with E-state index < -0.39 is 10.0 Å². The summed E-state index contributed by atoms with van der Waals surface area (Å²) in [6.45, 7) is 1.81. The lowest BCUT2D eigenvalue weighted by Crippen LogP contribution is -2.19. The quantitative estimate of drug-likeness (QED) is 0.706. The van der Waals surface area contributed by atoms with Gasteiger partial charge < -0.3 is 5.32 Å². The molecule has 0 fully saturated rings.